The Morgan fingerprint density at radius 1 is 1.21 bits per heavy atom. The number of aromatic nitrogens is 3. The van der Waals surface area contributed by atoms with Gasteiger partial charge in [0, 0.05) is 31.0 Å². The molecule has 1 fully saturated rings. The van der Waals surface area contributed by atoms with Crippen LogP contribution in [-0.4, -0.2) is 26.6 Å². The predicted octanol–water partition coefficient (Wildman–Crippen LogP) is 3.59. The minimum Gasteiger partial charge on any atom is -0.323 e. The highest BCUT2D eigenvalue weighted by Crippen LogP contribution is 2.40. The van der Waals surface area contributed by atoms with Crippen molar-refractivity contribution in [3.8, 4) is 0 Å². The van der Waals surface area contributed by atoms with Crippen LogP contribution in [0.15, 0.2) is 35.4 Å². The van der Waals surface area contributed by atoms with Gasteiger partial charge in [-0.15, -0.1) is 0 Å². The summed E-state index contributed by atoms with van der Waals surface area (Å²) in [6.07, 6.45) is -3.08. The molecule has 29 heavy (non-hydrogen) atoms. The summed E-state index contributed by atoms with van der Waals surface area (Å²) < 4.78 is 65.6. The second-order valence-electron chi connectivity index (χ2n) is 6.89. The number of halogens is 5. The summed E-state index contributed by atoms with van der Waals surface area (Å²) in [5.74, 6) is -3.73. The van der Waals surface area contributed by atoms with Gasteiger partial charge in [0.15, 0.2) is 0 Å². The van der Waals surface area contributed by atoms with Crippen molar-refractivity contribution < 1.29 is 26.7 Å². The summed E-state index contributed by atoms with van der Waals surface area (Å²) in [7, 11) is 0. The standard InChI is InChI=1S/C18H17F5N4O2/c19-17(20)5-3-11(4-6-17)14-1-2-16(29)27(26-14)10-15(28)25-13-7-12(8-24-9-13)18(21,22)23/h1-2,7-9,11H,3-6,10H2,(H,25,28). The molecule has 1 aliphatic rings. The average molecular weight is 416 g/mol. The van der Waals surface area contributed by atoms with E-state index in [0.29, 0.717) is 11.9 Å². The molecule has 1 saturated carbocycles. The third-order valence-corrected chi connectivity index (χ3v) is 4.67. The molecule has 0 bridgehead atoms. The smallest absolute Gasteiger partial charge is 0.323 e. The van der Waals surface area contributed by atoms with Crippen LogP contribution in [0.5, 0.6) is 0 Å². The number of rotatable bonds is 4. The second kappa shape index (κ2) is 7.88. The largest absolute Gasteiger partial charge is 0.417 e. The van der Waals surface area contributed by atoms with Gasteiger partial charge in [-0.05, 0) is 25.0 Å². The number of carbonyl (C=O) groups is 1. The number of pyridine rings is 1. The molecule has 0 saturated heterocycles. The Bertz CT molecular complexity index is 948. The zero-order chi connectivity index (χ0) is 21.2. The summed E-state index contributed by atoms with van der Waals surface area (Å²) in [6, 6.07) is 3.36. The van der Waals surface area contributed by atoms with Gasteiger partial charge in [0.2, 0.25) is 11.8 Å². The van der Waals surface area contributed by atoms with Crippen LogP contribution in [0.25, 0.3) is 0 Å². The van der Waals surface area contributed by atoms with Gasteiger partial charge in [0.05, 0.1) is 23.1 Å². The molecular weight excluding hydrogens is 399 g/mol. The van der Waals surface area contributed by atoms with Crippen molar-refractivity contribution in [1.82, 2.24) is 14.8 Å². The molecule has 0 unspecified atom stereocenters. The molecule has 156 valence electrons. The lowest BCUT2D eigenvalue weighted by molar-refractivity contribution is -0.137. The lowest BCUT2D eigenvalue weighted by Gasteiger charge is -2.27. The van der Waals surface area contributed by atoms with Gasteiger partial charge in [0.25, 0.3) is 5.56 Å². The molecular formula is C18H17F5N4O2. The van der Waals surface area contributed by atoms with E-state index in [0.717, 1.165) is 16.9 Å². The molecule has 0 aliphatic heterocycles. The number of hydrogen-bond acceptors (Lipinski definition) is 4. The predicted molar refractivity (Wildman–Crippen MR) is 92.5 cm³/mol. The first-order valence-electron chi connectivity index (χ1n) is 8.81. The molecule has 0 aromatic carbocycles. The van der Waals surface area contributed by atoms with Crippen molar-refractivity contribution >= 4 is 11.6 Å². The highest BCUT2D eigenvalue weighted by Gasteiger charge is 2.36. The fraction of sp³-hybridized carbons (Fsp3) is 0.444. The summed E-state index contributed by atoms with van der Waals surface area (Å²) in [4.78, 5) is 27.6. The fourth-order valence-electron chi connectivity index (χ4n) is 3.13. The fourth-order valence-corrected chi connectivity index (χ4v) is 3.13. The summed E-state index contributed by atoms with van der Waals surface area (Å²) >= 11 is 0. The quantitative estimate of drug-likeness (QED) is 0.773. The maximum atomic E-state index is 13.3. The number of anilines is 1. The maximum Gasteiger partial charge on any atom is 0.417 e. The van der Waals surface area contributed by atoms with Gasteiger partial charge >= 0.3 is 6.18 Å². The Morgan fingerprint density at radius 3 is 2.55 bits per heavy atom. The van der Waals surface area contributed by atoms with E-state index in [2.05, 4.69) is 15.4 Å². The molecule has 6 nitrogen and oxygen atoms in total. The lowest BCUT2D eigenvalue weighted by Crippen LogP contribution is -2.31. The minimum atomic E-state index is -4.61. The Labute approximate surface area is 161 Å². The van der Waals surface area contributed by atoms with Crippen LogP contribution in [0.2, 0.25) is 0 Å². The average Bonchev–Trinajstić information content (AvgIpc) is 2.63. The van der Waals surface area contributed by atoms with E-state index in [-0.39, 0.29) is 37.3 Å². The molecule has 0 atom stereocenters. The van der Waals surface area contributed by atoms with E-state index < -0.39 is 35.7 Å². The van der Waals surface area contributed by atoms with Gasteiger partial charge in [0.1, 0.15) is 6.54 Å². The number of nitrogens with zero attached hydrogens (tertiary/aromatic N) is 3. The van der Waals surface area contributed by atoms with Crippen LogP contribution >= 0.6 is 0 Å². The van der Waals surface area contributed by atoms with Crippen LogP contribution in [-0.2, 0) is 17.5 Å². The molecule has 2 aromatic rings. The summed E-state index contributed by atoms with van der Waals surface area (Å²) in [5, 5.41) is 6.32. The molecule has 2 aromatic heterocycles. The molecule has 3 rings (SSSR count). The highest BCUT2D eigenvalue weighted by molar-refractivity contribution is 5.90. The molecule has 1 amide bonds. The second-order valence-corrected chi connectivity index (χ2v) is 6.89. The van der Waals surface area contributed by atoms with Gasteiger partial charge in [-0.25, -0.2) is 13.5 Å². The summed E-state index contributed by atoms with van der Waals surface area (Å²) in [6.45, 7) is -0.536. The molecule has 1 N–H and O–H groups in total. The first-order valence-corrected chi connectivity index (χ1v) is 8.81. The van der Waals surface area contributed by atoms with Crippen LogP contribution in [0.3, 0.4) is 0 Å². The van der Waals surface area contributed by atoms with Crippen molar-refractivity contribution in [2.75, 3.05) is 5.32 Å². The van der Waals surface area contributed by atoms with Crippen molar-refractivity contribution in [2.45, 2.75) is 50.2 Å². The van der Waals surface area contributed by atoms with E-state index in [1.54, 1.807) is 0 Å². The Kier molecular flexibility index (Phi) is 5.67. The van der Waals surface area contributed by atoms with Gasteiger partial charge in [-0.1, -0.05) is 0 Å². The van der Waals surface area contributed by atoms with Gasteiger partial charge in [-0.3, -0.25) is 14.6 Å². The molecule has 2 heterocycles. The maximum absolute atomic E-state index is 13.3. The highest BCUT2D eigenvalue weighted by atomic mass is 19.4. The summed E-state index contributed by atoms with van der Waals surface area (Å²) in [5.41, 5.74) is -1.37. The van der Waals surface area contributed by atoms with Gasteiger partial charge in [-0.2, -0.15) is 18.3 Å². The van der Waals surface area contributed by atoms with Crippen molar-refractivity contribution in [1.29, 1.82) is 0 Å². The SMILES string of the molecule is O=C(Cn1nc(C2CCC(F)(F)CC2)ccc1=O)Nc1cncc(C(F)(F)F)c1. The van der Waals surface area contributed by atoms with Crippen molar-refractivity contribution in [3.05, 3.63) is 52.2 Å². The number of hydrogen-bond donors (Lipinski definition) is 1. The molecule has 1 aliphatic carbocycles. The van der Waals surface area contributed by atoms with Crippen LogP contribution in [0.4, 0.5) is 27.6 Å². The number of nitrogens with one attached hydrogen (secondary N) is 1. The Balaban J connectivity index is 1.70. The number of alkyl halides is 5. The molecule has 0 radical (unpaired) electrons. The van der Waals surface area contributed by atoms with E-state index in [4.69, 9.17) is 0 Å². The first kappa shape index (κ1) is 20.9. The molecule has 0 spiro atoms. The lowest BCUT2D eigenvalue weighted by atomic mass is 9.85. The normalized spacial score (nSPS) is 17.1. The van der Waals surface area contributed by atoms with E-state index in [9.17, 15) is 31.5 Å². The zero-order valence-electron chi connectivity index (χ0n) is 15.0. The van der Waals surface area contributed by atoms with Crippen LogP contribution in [0.1, 0.15) is 42.9 Å². The van der Waals surface area contributed by atoms with Gasteiger partial charge < -0.3 is 5.32 Å². The zero-order valence-corrected chi connectivity index (χ0v) is 15.0. The Morgan fingerprint density at radius 2 is 1.90 bits per heavy atom. The van der Waals surface area contributed by atoms with E-state index in [1.165, 1.54) is 12.1 Å². The first-order chi connectivity index (χ1) is 13.5. The van der Waals surface area contributed by atoms with E-state index >= 15 is 0 Å². The topological polar surface area (TPSA) is 76.9 Å². The van der Waals surface area contributed by atoms with Crippen LogP contribution < -0.4 is 10.9 Å². The Hall–Kier alpha value is -2.85. The number of amides is 1. The third-order valence-electron chi connectivity index (χ3n) is 4.67. The minimum absolute atomic E-state index is 0.177. The molecule has 11 heteroatoms. The van der Waals surface area contributed by atoms with Crippen LogP contribution in [0, 0.1) is 0 Å². The van der Waals surface area contributed by atoms with Crippen molar-refractivity contribution in [3.63, 3.8) is 0 Å². The van der Waals surface area contributed by atoms with Crippen molar-refractivity contribution in [2.24, 2.45) is 0 Å². The third kappa shape index (κ3) is 5.36. The van der Waals surface area contributed by atoms with E-state index in [1.807, 2.05) is 0 Å². The monoisotopic (exact) mass is 416 g/mol. The number of carbonyl (C=O) groups excluding carboxylic acids is 1.